The van der Waals surface area contributed by atoms with Crippen molar-refractivity contribution in [3.63, 3.8) is 0 Å². The van der Waals surface area contributed by atoms with E-state index in [4.69, 9.17) is 4.74 Å². The van der Waals surface area contributed by atoms with Gasteiger partial charge in [0.1, 0.15) is 0 Å². The fourth-order valence-corrected chi connectivity index (χ4v) is 1.43. The molecule has 1 N–H and O–H groups in total. The molecule has 1 aromatic rings. The maximum Gasteiger partial charge on any atom is 0.0827 e. The summed E-state index contributed by atoms with van der Waals surface area (Å²) in [6, 6.07) is 7.74. The highest BCUT2D eigenvalue weighted by Crippen LogP contribution is 2.21. The molecule has 0 fully saturated rings. The number of ether oxygens (including phenoxy) is 1. The van der Waals surface area contributed by atoms with Gasteiger partial charge in [-0.25, -0.2) is 0 Å². The van der Waals surface area contributed by atoms with Gasteiger partial charge in [-0.15, -0.1) is 6.58 Å². The Labute approximate surface area is 84.8 Å². The second-order valence-electron chi connectivity index (χ2n) is 3.17. The molecule has 0 aliphatic carbocycles. The second kappa shape index (κ2) is 5.58. The first-order chi connectivity index (χ1) is 6.79. The molecule has 0 heterocycles. The zero-order chi connectivity index (χ0) is 10.4. The zero-order valence-corrected chi connectivity index (χ0v) is 8.44. The maximum atomic E-state index is 9.80. The molecule has 0 amide bonds. The van der Waals surface area contributed by atoms with Crippen molar-refractivity contribution in [3.05, 3.63) is 48.0 Å². The standard InChI is InChI=1S/C12H16O2/c1-3-6-12(13)11-8-5-4-7-10(11)9-14-2/h3-5,7-8,12-13H,1,6,9H2,2H3. The van der Waals surface area contributed by atoms with Crippen LogP contribution in [0.3, 0.4) is 0 Å². The molecule has 0 aliphatic heterocycles. The number of rotatable bonds is 5. The van der Waals surface area contributed by atoms with Gasteiger partial charge >= 0.3 is 0 Å². The van der Waals surface area contributed by atoms with Crippen molar-refractivity contribution < 1.29 is 9.84 Å². The summed E-state index contributed by atoms with van der Waals surface area (Å²) >= 11 is 0. The molecule has 1 aromatic carbocycles. The van der Waals surface area contributed by atoms with E-state index in [0.29, 0.717) is 13.0 Å². The number of hydrogen-bond donors (Lipinski definition) is 1. The summed E-state index contributed by atoms with van der Waals surface area (Å²) in [6.45, 7) is 4.14. The van der Waals surface area contributed by atoms with E-state index in [0.717, 1.165) is 11.1 Å². The Morgan fingerprint density at radius 2 is 2.21 bits per heavy atom. The summed E-state index contributed by atoms with van der Waals surface area (Å²) in [5.41, 5.74) is 1.96. The molecule has 0 aromatic heterocycles. The van der Waals surface area contributed by atoms with E-state index in [1.807, 2.05) is 24.3 Å². The van der Waals surface area contributed by atoms with Crippen LogP contribution in [0.2, 0.25) is 0 Å². The van der Waals surface area contributed by atoms with Gasteiger partial charge in [-0.1, -0.05) is 30.3 Å². The van der Waals surface area contributed by atoms with Gasteiger partial charge in [0.05, 0.1) is 12.7 Å². The van der Waals surface area contributed by atoms with Crippen molar-refractivity contribution in [2.24, 2.45) is 0 Å². The monoisotopic (exact) mass is 192 g/mol. The van der Waals surface area contributed by atoms with Crippen molar-refractivity contribution in [1.82, 2.24) is 0 Å². The molecule has 76 valence electrons. The van der Waals surface area contributed by atoms with Gasteiger partial charge in [-0.2, -0.15) is 0 Å². The van der Waals surface area contributed by atoms with Crippen LogP contribution in [0, 0.1) is 0 Å². The lowest BCUT2D eigenvalue weighted by molar-refractivity contribution is 0.163. The third kappa shape index (κ3) is 2.69. The predicted molar refractivity (Wildman–Crippen MR) is 56.9 cm³/mol. The third-order valence-electron chi connectivity index (χ3n) is 2.10. The smallest absolute Gasteiger partial charge is 0.0827 e. The number of methoxy groups -OCH3 is 1. The van der Waals surface area contributed by atoms with E-state index in [-0.39, 0.29) is 0 Å². The molecule has 1 unspecified atom stereocenters. The van der Waals surface area contributed by atoms with E-state index >= 15 is 0 Å². The van der Waals surface area contributed by atoms with Crippen LogP contribution in [-0.4, -0.2) is 12.2 Å². The van der Waals surface area contributed by atoms with E-state index in [1.165, 1.54) is 0 Å². The van der Waals surface area contributed by atoms with E-state index in [9.17, 15) is 5.11 Å². The summed E-state index contributed by atoms with van der Waals surface area (Å²) < 4.78 is 5.06. The molecule has 1 rings (SSSR count). The fraction of sp³-hybridized carbons (Fsp3) is 0.333. The predicted octanol–water partition coefficient (Wildman–Crippen LogP) is 2.44. The van der Waals surface area contributed by atoms with Crippen molar-refractivity contribution in [2.75, 3.05) is 7.11 Å². The van der Waals surface area contributed by atoms with Crippen LogP contribution in [0.15, 0.2) is 36.9 Å². The summed E-state index contributed by atoms with van der Waals surface area (Å²) in [6.07, 6.45) is 1.81. The highest BCUT2D eigenvalue weighted by atomic mass is 16.5. The van der Waals surface area contributed by atoms with Crippen molar-refractivity contribution in [3.8, 4) is 0 Å². The molecule has 2 nitrogen and oxygen atoms in total. The molecule has 0 bridgehead atoms. The van der Waals surface area contributed by atoms with Crippen LogP contribution in [0.5, 0.6) is 0 Å². The van der Waals surface area contributed by atoms with Gasteiger partial charge in [-0.3, -0.25) is 0 Å². The van der Waals surface area contributed by atoms with Crippen LogP contribution in [0.25, 0.3) is 0 Å². The summed E-state index contributed by atoms with van der Waals surface area (Å²) in [7, 11) is 1.65. The van der Waals surface area contributed by atoms with Crippen molar-refractivity contribution in [2.45, 2.75) is 19.1 Å². The lowest BCUT2D eigenvalue weighted by atomic mass is 10.0. The van der Waals surface area contributed by atoms with E-state index < -0.39 is 6.10 Å². The first-order valence-corrected chi connectivity index (χ1v) is 4.65. The first-order valence-electron chi connectivity index (χ1n) is 4.65. The van der Waals surface area contributed by atoms with Gasteiger partial charge in [-0.05, 0) is 17.5 Å². The van der Waals surface area contributed by atoms with Gasteiger partial charge in [0.25, 0.3) is 0 Å². The first kappa shape index (κ1) is 11.0. The number of benzene rings is 1. The molecule has 0 aliphatic rings. The molecule has 14 heavy (non-hydrogen) atoms. The minimum atomic E-state index is -0.473. The Hall–Kier alpha value is -1.12. The molecule has 0 saturated carbocycles. The Kier molecular flexibility index (Phi) is 4.36. The minimum absolute atomic E-state index is 0.473. The fourth-order valence-electron chi connectivity index (χ4n) is 1.43. The Bertz CT molecular complexity index is 294. The van der Waals surface area contributed by atoms with Crippen LogP contribution < -0.4 is 0 Å². The Balaban J connectivity index is 2.87. The van der Waals surface area contributed by atoms with Crippen LogP contribution in [0.4, 0.5) is 0 Å². The SMILES string of the molecule is C=CCC(O)c1ccccc1COC. The molecule has 0 radical (unpaired) electrons. The highest BCUT2D eigenvalue weighted by molar-refractivity contribution is 5.28. The summed E-state index contributed by atoms with van der Waals surface area (Å²) in [5.74, 6) is 0. The molecular weight excluding hydrogens is 176 g/mol. The number of aliphatic hydroxyl groups is 1. The molecule has 2 heteroatoms. The largest absolute Gasteiger partial charge is 0.388 e. The van der Waals surface area contributed by atoms with Crippen LogP contribution in [-0.2, 0) is 11.3 Å². The second-order valence-corrected chi connectivity index (χ2v) is 3.17. The quantitative estimate of drug-likeness (QED) is 0.726. The lowest BCUT2D eigenvalue weighted by Crippen LogP contribution is -2.01. The topological polar surface area (TPSA) is 29.5 Å². The molecule has 0 spiro atoms. The van der Waals surface area contributed by atoms with Gasteiger partial charge in [0.2, 0.25) is 0 Å². The van der Waals surface area contributed by atoms with E-state index in [2.05, 4.69) is 6.58 Å². The van der Waals surface area contributed by atoms with Gasteiger partial charge < -0.3 is 9.84 Å². The molecular formula is C12H16O2. The van der Waals surface area contributed by atoms with Crippen molar-refractivity contribution >= 4 is 0 Å². The zero-order valence-electron chi connectivity index (χ0n) is 8.44. The summed E-state index contributed by atoms with van der Waals surface area (Å²) in [4.78, 5) is 0. The molecule has 0 saturated heterocycles. The van der Waals surface area contributed by atoms with Crippen LogP contribution in [0.1, 0.15) is 23.7 Å². The third-order valence-corrected chi connectivity index (χ3v) is 2.10. The van der Waals surface area contributed by atoms with Gasteiger partial charge in [0.15, 0.2) is 0 Å². The minimum Gasteiger partial charge on any atom is -0.388 e. The highest BCUT2D eigenvalue weighted by Gasteiger charge is 2.09. The maximum absolute atomic E-state index is 9.80. The Morgan fingerprint density at radius 3 is 2.86 bits per heavy atom. The molecule has 1 atom stereocenters. The lowest BCUT2D eigenvalue weighted by Gasteiger charge is -2.13. The van der Waals surface area contributed by atoms with E-state index in [1.54, 1.807) is 13.2 Å². The summed E-state index contributed by atoms with van der Waals surface area (Å²) in [5, 5.41) is 9.80. The number of aliphatic hydroxyl groups excluding tert-OH is 1. The average molecular weight is 192 g/mol. The van der Waals surface area contributed by atoms with Crippen molar-refractivity contribution in [1.29, 1.82) is 0 Å². The normalized spacial score (nSPS) is 12.4. The average Bonchev–Trinajstić information content (AvgIpc) is 2.19. The van der Waals surface area contributed by atoms with Crippen LogP contribution >= 0.6 is 0 Å². The Morgan fingerprint density at radius 1 is 1.50 bits per heavy atom. The van der Waals surface area contributed by atoms with Gasteiger partial charge in [0, 0.05) is 7.11 Å². The number of hydrogen-bond acceptors (Lipinski definition) is 2.